The monoisotopic (exact) mass is 402 g/mol. The van der Waals surface area contributed by atoms with Crippen molar-refractivity contribution >= 4 is 51.7 Å². The van der Waals surface area contributed by atoms with Gasteiger partial charge in [0, 0.05) is 18.2 Å². The van der Waals surface area contributed by atoms with Crippen molar-refractivity contribution in [1.82, 2.24) is 0 Å². The zero-order valence-electron chi connectivity index (χ0n) is 14.4. The third kappa shape index (κ3) is 3.79. The summed E-state index contributed by atoms with van der Waals surface area (Å²) in [7, 11) is 3.05. The number of nitro groups is 1. The zero-order chi connectivity index (χ0) is 19.6. The van der Waals surface area contributed by atoms with E-state index in [0.29, 0.717) is 32.0 Å². The molecule has 2 aromatic carbocycles. The average Bonchev–Trinajstić information content (AvgIpc) is 2.94. The van der Waals surface area contributed by atoms with Gasteiger partial charge in [-0.15, -0.1) is 0 Å². The smallest absolute Gasteiger partial charge is 0.270 e. The Bertz CT molecular complexity index is 957. The van der Waals surface area contributed by atoms with Crippen LogP contribution in [0.5, 0.6) is 11.5 Å². The molecule has 1 heterocycles. The van der Waals surface area contributed by atoms with Crippen LogP contribution in [-0.2, 0) is 4.79 Å². The number of non-ortho nitro benzene ring substituents is 1. The highest BCUT2D eigenvalue weighted by atomic mass is 32.2. The first-order chi connectivity index (χ1) is 12.9. The number of thiocarbonyl (C=S) groups is 1. The van der Waals surface area contributed by atoms with Crippen molar-refractivity contribution in [1.29, 1.82) is 0 Å². The van der Waals surface area contributed by atoms with Crippen LogP contribution in [0.25, 0.3) is 6.08 Å². The molecule has 1 saturated heterocycles. The number of methoxy groups -OCH3 is 2. The summed E-state index contributed by atoms with van der Waals surface area (Å²) in [5.41, 5.74) is 1.18. The van der Waals surface area contributed by atoms with Crippen LogP contribution in [-0.4, -0.2) is 29.4 Å². The molecule has 1 aliphatic heterocycles. The maximum atomic E-state index is 12.9. The predicted molar refractivity (Wildman–Crippen MR) is 108 cm³/mol. The summed E-state index contributed by atoms with van der Waals surface area (Å²) < 4.78 is 10.9. The van der Waals surface area contributed by atoms with Crippen molar-refractivity contribution in [3.63, 3.8) is 0 Å². The first kappa shape index (κ1) is 18.9. The van der Waals surface area contributed by atoms with Gasteiger partial charge in [-0.1, -0.05) is 24.0 Å². The van der Waals surface area contributed by atoms with Crippen molar-refractivity contribution in [2.45, 2.75) is 0 Å². The summed E-state index contributed by atoms with van der Waals surface area (Å²) in [6.07, 6.45) is 1.65. The van der Waals surface area contributed by atoms with Gasteiger partial charge in [-0.25, -0.2) is 0 Å². The summed E-state index contributed by atoms with van der Waals surface area (Å²) in [4.78, 5) is 25.0. The molecule has 0 radical (unpaired) electrons. The Hall–Kier alpha value is -2.91. The van der Waals surface area contributed by atoms with Gasteiger partial charge in [0.25, 0.3) is 11.6 Å². The molecular weight excluding hydrogens is 388 g/mol. The van der Waals surface area contributed by atoms with Gasteiger partial charge in [0.05, 0.1) is 29.7 Å². The lowest BCUT2D eigenvalue weighted by atomic mass is 10.2. The molecule has 0 aliphatic carbocycles. The summed E-state index contributed by atoms with van der Waals surface area (Å²) in [6, 6.07) is 11.0. The van der Waals surface area contributed by atoms with Crippen LogP contribution in [0.3, 0.4) is 0 Å². The molecule has 3 rings (SSSR count). The van der Waals surface area contributed by atoms with Gasteiger partial charge in [0.1, 0.15) is 11.5 Å². The van der Waals surface area contributed by atoms with E-state index in [1.807, 2.05) is 0 Å². The lowest BCUT2D eigenvalue weighted by Gasteiger charge is -2.18. The Labute approximate surface area is 164 Å². The standard InChI is InChI=1S/C18H14N2O5S2/c1-24-13-7-8-14(15(10-13)25-2)19-17(21)16(27-18(19)26)9-11-3-5-12(6-4-11)20(22)23/h3-10H,1-2H3. The molecule has 2 aromatic rings. The van der Waals surface area contributed by atoms with E-state index in [1.165, 1.54) is 24.1 Å². The first-order valence-electron chi connectivity index (χ1n) is 7.69. The van der Waals surface area contributed by atoms with Crippen LogP contribution in [0.2, 0.25) is 0 Å². The largest absolute Gasteiger partial charge is 0.497 e. The fourth-order valence-corrected chi connectivity index (χ4v) is 3.77. The molecule has 7 nitrogen and oxygen atoms in total. The average molecular weight is 402 g/mol. The number of rotatable bonds is 5. The van der Waals surface area contributed by atoms with Gasteiger partial charge in [0.15, 0.2) is 4.32 Å². The minimum atomic E-state index is -0.473. The molecule has 138 valence electrons. The lowest BCUT2D eigenvalue weighted by Crippen LogP contribution is -2.27. The predicted octanol–water partition coefficient (Wildman–Crippen LogP) is 4.02. The van der Waals surface area contributed by atoms with E-state index >= 15 is 0 Å². The number of amides is 1. The summed E-state index contributed by atoms with van der Waals surface area (Å²) in [6.45, 7) is 0. The number of nitro benzene ring substituents is 1. The number of carbonyl (C=O) groups excluding carboxylic acids is 1. The molecule has 0 aromatic heterocycles. The van der Waals surface area contributed by atoms with Crippen molar-refractivity contribution < 1.29 is 19.2 Å². The number of nitrogens with zero attached hydrogens (tertiary/aromatic N) is 2. The van der Waals surface area contributed by atoms with E-state index in [9.17, 15) is 14.9 Å². The molecule has 0 spiro atoms. The van der Waals surface area contributed by atoms with Crippen LogP contribution in [0.1, 0.15) is 5.56 Å². The molecule has 27 heavy (non-hydrogen) atoms. The van der Waals surface area contributed by atoms with Gasteiger partial charge in [-0.3, -0.25) is 19.8 Å². The van der Waals surface area contributed by atoms with E-state index in [-0.39, 0.29) is 11.6 Å². The fraction of sp³-hybridized carbons (Fsp3) is 0.111. The Morgan fingerprint density at radius 1 is 1.15 bits per heavy atom. The summed E-state index contributed by atoms with van der Waals surface area (Å²) >= 11 is 6.53. The number of carbonyl (C=O) groups is 1. The minimum absolute atomic E-state index is 0.0114. The van der Waals surface area contributed by atoms with Crippen LogP contribution in [0.4, 0.5) is 11.4 Å². The van der Waals surface area contributed by atoms with Crippen LogP contribution >= 0.6 is 24.0 Å². The van der Waals surface area contributed by atoms with Gasteiger partial charge >= 0.3 is 0 Å². The SMILES string of the molecule is COc1ccc(N2C(=O)C(=Cc3ccc([N+](=O)[O-])cc3)SC2=S)c(OC)c1. The number of benzene rings is 2. The van der Waals surface area contributed by atoms with E-state index in [1.54, 1.807) is 43.5 Å². The normalized spacial score (nSPS) is 15.3. The molecule has 1 aliphatic rings. The zero-order valence-corrected chi connectivity index (χ0v) is 16.0. The van der Waals surface area contributed by atoms with Gasteiger partial charge in [-0.2, -0.15) is 0 Å². The first-order valence-corrected chi connectivity index (χ1v) is 8.91. The lowest BCUT2D eigenvalue weighted by molar-refractivity contribution is -0.384. The second-order valence-electron chi connectivity index (χ2n) is 5.40. The Balaban J connectivity index is 1.92. The van der Waals surface area contributed by atoms with Crippen molar-refractivity contribution in [3.8, 4) is 11.5 Å². The van der Waals surface area contributed by atoms with Crippen molar-refractivity contribution in [2.24, 2.45) is 0 Å². The van der Waals surface area contributed by atoms with E-state index in [4.69, 9.17) is 21.7 Å². The number of hydrogen-bond acceptors (Lipinski definition) is 7. The molecule has 0 N–H and O–H groups in total. The highest BCUT2D eigenvalue weighted by molar-refractivity contribution is 8.27. The Morgan fingerprint density at radius 3 is 2.44 bits per heavy atom. The quantitative estimate of drug-likeness (QED) is 0.323. The third-order valence-corrected chi connectivity index (χ3v) is 5.13. The van der Waals surface area contributed by atoms with Gasteiger partial charge < -0.3 is 9.47 Å². The van der Waals surface area contributed by atoms with Gasteiger partial charge in [0.2, 0.25) is 0 Å². The maximum Gasteiger partial charge on any atom is 0.270 e. The highest BCUT2D eigenvalue weighted by Crippen LogP contribution is 2.41. The van der Waals surface area contributed by atoms with Crippen LogP contribution in [0.15, 0.2) is 47.4 Å². The third-order valence-electron chi connectivity index (χ3n) is 3.82. The molecule has 0 bridgehead atoms. The molecule has 0 unspecified atom stereocenters. The van der Waals surface area contributed by atoms with Crippen molar-refractivity contribution in [2.75, 3.05) is 19.1 Å². The maximum absolute atomic E-state index is 12.9. The number of thioether (sulfide) groups is 1. The minimum Gasteiger partial charge on any atom is -0.497 e. The molecule has 1 amide bonds. The number of hydrogen-bond donors (Lipinski definition) is 0. The second-order valence-corrected chi connectivity index (χ2v) is 7.08. The number of ether oxygens (including phenoxy) is 2. The fourth-order valence-electron chi connectivity index (χ4n) is 2.49. The van der Waals surface area contributed by atoms with E-state index in [2.05, 4.69) is 0 Å². The van der Waals surface area contributed by atoms with E-state index in [0.717, 1.165) is 11.8 Å². The Morgan fingerprint density at radius 2 is 1.85 bits per heavy atom. The van der Waals surface area contributed by atoms with Gasteiger partial charge in [-0.05, 0) is 35.9 Å². The number of anilines is 1. The molecule has 0 atom stereocenters. The molecule has 9 heteroatoms. The summed E-state index contributed by atoms with van der Waals surface area (Å²) in [5.74, 6) is 0.775. The summed E-state index contributed by atoms with van der Waals surface area (Å²) in [5, 5.41) is 10.7. The molecule has 1 fully saturated rings. The van der Waals surface area contributed by atoms with Crippen molar-refractivity contribution in [3.05, 3.63) is 63.0 Å². The van der Waals surface area contributed by atoms with Crippen LogP contribution < -0.4 is 14.4 Å². The Kier molecular flexibility index (Phi) is 5.43. The second kappa shape index (κ2) is 7.77. The highest BCUT2D eigenvalue weighted by Gasteiger charge is 2.35. The van der Waals surface area contributed by atoms with E-state index < -0.39 is 4.92 Å². The van der Waals surface area contributed by atoms with Crippen LogP contribution in [0, 0.1) is 10.1 Å². The molecular formula is C18H14N2O5S2. The topological polar surface area (TPSA) is 81.9 Å². The molecule has 0 saturated carbocycles.